The van der Waals surface area contributed by atoms with E-state index in [9.17, 15) is 0 Å². The van der Waals surface area contributed by atoms with Crippen LogP contribution in [0.5, 0.6) is 0 Å². The van der Waals surface area contributed by atoms with Crippen molar-refractivity contribution in [3.8, 4) is 12.1 Å². The molecule has 0 aromatic rings. The Balaban J connectivity index is 2.09. The molecular formula is C11H17N3. The SMILES string of the molecule is N#CC(C#N)CNCC1CCCCC1. The van der Waals surface area contributed by atoms with E-state index in [1.54, 1.807) is 0 Å². The summed E-state index contributed by atoms with van der Waals surface area (Å²) in [5, 5.41) is 20.3. The molecule has 3 nitrogen and oxygen atoms in total. The quantitative estimate of drug-likeness (QED) is 0.737. The molecule has 1 saturated carbocycles. The predicted octanol–water partition coefficient (Wildman–Crippen LogP) is 1.82. The fraction of sp³-hybridized carbons (Fsp3) is 0.818. The highest BCUT2D eigenvalue weighted by atomic mass is 14.9. The van der Waals surface area contributed by atoms with Crippen molar-refractivity contribution < 1.29 is 0 Å². The van der Waals surface area contributed by atoms with Crippen LogP contribution in [-0.2, 0) is 0 Å². The summed E-state index contributed by atoms with van der Waals surface area (Å²) in [6, 6.07) is 3.93. The van der Waals surface area contributed by atoms with Crippen molar-refractivity contribution in [3.63, 3.8) is 0 Å². The maximum atomic E-state index is 8.55. The number of hydrogen-bond donors (Lipinski definition) is 1. The van der Waals surface area contributed by atoms with Crippen LogP contribution in [0.2, 0.25) is 0 Å². The number of rotatable bonds is 4. The minimum atomic E-state index is -0.487. The van der Waals surface area contributed by atoms with Gasteiger partial charge in [-0.1, -0.05) is 19.3 Å². The monoisotopic (exact) mass is 191 g/mol. The van der Waals surface area contributed by atoms with Gasteiger partial charge in [0.15, 0.2) is 0 Å². The molecule has 0 radical (unpaired) electrons. The van der Waals surface area contributed by atoms with Crippen LogP contribution >= 0.6 is 0 Å². The van der Waals surface area contributed by atoms with E-state index in [2.05, 4.69) is 5.32 Å². The number of nitrogens with one attached hydrogen (secondary N) is 1. The van der Waals surface area contributed by atoms with Gasteiger partial charge in [0.1, 0.15) is 5.92 Å². The normalized spacial score (nSPS) is 17.6. The van der Waals surface area contributed by atoms with Crippen LogP contribution in [0.4, 0.5) is 0 Å². The summed E-state index contributed by atoms with van der Waals surface area (Å²) >= 11 is 0. The first-order chi connectivity index (χ1) is 6.86. The molecule has 0 aromatic heterocycles. The van der Waals surface area contributed by atoms with Crippen molar-refractivity contribution in [2.75, 3.05) is 13.1 Å². The lowest BCUT2D eigenvalue weighted by atomic mass is 9.89. The van der Waals surface area contributed by atoms with Gasteiger partial charge in [0, 0.05) is 6.54 Å². The van der Waals surface area contributed by atoms with Crippen molar-refractivity contribution in [2.45, 2.75) is 32.1 Å². The summed E-state index contributed by atoms with van der Waals surface area (Å²) in [7, 11) is 0. The highest BCUT2D eigenvalue weighted by molar-refractivity contribution is 5.00. The lowest BCUT2D eigenvalue weighted by Gasteiger charge is -2.21. The Morgan fingerprint density at radius 1 is 1.14 bits per heavy atom. The van der Waals surface area contributed by atoms with E-state index in [1.807, 2.05) is 12.1 Å². The van der Waals surface area contributed by atoms with Crippen molar-refractivity contribution in [1.29, 1.82) is 10.5 Å². The number of hydrogen-bond acceptors (Lipinski definition) is 3. The predicted molar refractivity (Wildman–Crippen MR) is 54.2 cm³/mol. The van der Waals surface area contributed by atoms with Crippen molar-refractivity contribution >= 4 is 0 Å². The van der Waals surface area contributed by atoms with Crippen LogP contribution < -0.4 is 5.32 Å². The Labute approximate surface area is 85.7 Å². The maximum Gasteiger partial charge on any atom is 0.145 e. The Kier molecular flexibility index (Phi) is 5.04. The summed E-state index contributed by atoms with van der Waals surface area (Å²) < 4.78 is 0. The Hall–Kier alpha value is -1.06. The summed E-state index contributed by atoms with van der Waals surface area (Å²) in [4.78, 5) is 0. The van der Waals surface area contributed by atoms with Gasteiger partial charge in [-0.2, -0.15) is 10.5 Å². The van der Waals surface area contributed by atoms with Crippen LogP contribution in [0.25, 0.3) is 0 Å². The lowest BCUT2D eigenvalue weighted by molar-refractivity contribution is 0.341. The van der Waals surface area contributed by atoms with E-state index in [4.69, 9.17) is 10.5 Å². The largest absolute Gasteiger partial charge is 0.314 e. The fourth-order valence-corrected chi connectivity index (χ4v) is 1.94. The lowest BCUT2D eigenvalue weighted by Crippen LogP contribution is -2.28. The number of nitriles is 2. The maximum absolute atomic E-state index is 8.55. The highest BCUT2D eigenvalue weighted by Gasteiger charge is 2.13. The van der Waals surface area contributed by atoms with Gasteiger partial charge in [-0.05, 0) is 25.3 Å². The zero-order valence-corrected chi connectivity index (χ0v) is 8.50. The van der Waals surface area contributed by atoms with E-state index >= 15 is 0 Å². The highest BCUT2D eigenvalue weighted by Crippen LogP contribution is 2.22. The Bertz CT molecular complexity index is 216. The minimum absolute atomic E-state index is 0.487. The molecule has 1 aliphatic carbocycles. The van der Waals surface area contributed by atoms with Gasteiger partial charge in [0.25, 0.3) is 0 Å². The third kappa shape index (κ3) is 3.77. The molecule has 0 saturated heterocycles. The molecule has 1 N–H and O–H groups in total. The van der Waals surface area contributed by atoms with Gasteiger partial charge < -0.3 is 5.32 Å². The molecular weight excluding hydrogens is 174 g/mol. The average Bonchev–Trinajstić information content (AvgIpc) is 2.26. The second kappa shape index (κ2) is 6.40. The van der Waals surface area contributed by atoms with Gasteiger partial charge >= 0.3 is 0 Å². The molecule has 76 valence electrons. The zero-order valence-electron chi connectivity index (χ0n) is 8.50. The van der Waals surface area contributed by atoms with Crippen LogP contribution in [0, 0.1) is 34.5 Å². The molecule has 0 unspecified atom stereocenters. The third-order valence-electron chi connectivity index (χ3n) is 2.82. The molecule has 0 atom stereocenters. The van der Waals surface area contributed by atoms with Crippen LogP contribution in [-0.4, -0.2) is 13.1 Å². The second-order valence-electron chi connectivity index (χ2n) is 3.97. The third-order valence-corrected chi connectivity index (χ3v) is 2.82. The molecule has 0 bridgehead atoms. The first-order valence-corrected chi connectivity index (χ1v) is 5.36. The first kappa shape index (κ1) is 11.0. The molecule has 0 aliphatic heterocycles. The first-order valence-electron chi connectivity index (χ1n) is 5.36. The van der Waals surface area contributed by atoms with Crippen molar-refractivity contribution in [3.05, 3.63) is 0 Å². The van der Waals surface area contributed by atoms with Gasteiger partial charge in [-0.3, -0.25) is 0 Å². The fourth-order valence-electron chi connectivity index (χ4n) is 1.94. The molecule has 3 heteroatoms. The molecule has 1 aliphatic rings. The molecule has 0 aromatic carbocycles. The summed E-state index contributed by atoms with van der Waals surface area (Å²) in [6.45, 7) is 1.49. The molecule has 0 heterocycles. The number of nitrogens with zero attached hydrogens (tertiary/aromatic N) is 2. The summed E-state index contributed by atoms with van der Waals surface area (Å²) in [5.41, 5.74) is 0. The van der Waals surface area contributed by atoms with Crippen molar-refractivity contribution in [2.24, 2.45) is 11.8 Å². The smallest absolute Gasteiger partial charge is 0.145 e. The van der Waals surface area contributed by atoms with E-state index < -0.39 is 5.92 Å². The van der Waals surface area contributed by atoms with Gasteiger partial charge in [-0.15, -0.1) is 0 Å². The molecule has 0 amide bonds. The Morgan fingerprint density at radius 3 is 2.36 bits per heavy atom. The van der Waals surface area contributed by atoms with Gasteiger partial charge in [0.05, 0.1) is 12.1 Å². The zero-order chi connectivity index (χ0) is 10.2. The van der Waals surface area contributed by atoms with E-state index in [0.29, 0.717) is 6.54 Å². The van der Waals surface area contributed by atoms with E-state index in [-0.39, 0.29) is 0 Å². The molecule has 0 spiro atoms. The van der Waals surface area contributed by atoms with Gasteiger partial charge in [-0.25, -0.2) is 0 Å². The van der Waals surface area contributed by atoms with E-state index in [1.165, 1.54) is 32.1 Å². The average molecular weight is 191 g/mol. The summed E-state index contributed by atoms with van der Waals surface area (Å²) in [5.74, 6) is 0.278. The van der Waals surface area contributed by atoms with Crippen molar-refractivity contribution in [1.82, 2.24) is 5.32 Å². The molecule has 1 rings (SSSR count). The molecule has 14 heavy (non-hydrogen) atoms. The minimum Gasteiger partial charge on any atom is -0.314 e. The second-order valence-corrected chi connectivity index (χ2v) is 3.97. The summed E-state index contributed by atoms with van der Waals surface area (Å²) in [6.07, 6.45) is 6.65. The standard InChI is InChI=1S/C11H17N3/c12-6-11(7-13)9-14-8-10-4-2-1-3-5-10/h10-11,14H,1-5,8-9H2. The Morgan fingerprint density at radius 2 is 1.79 bits per heavy atom. The van der Waals surface area contributed by atoms with Crippen LogP contribution in [0.1, 0.15) is 32.1 Å². The van der Waals surface area contributed by atoms with Crippen LogP contribution in [0.3, 0.4) is 0 Å². The van der Waals surface area contributed by atoms with E-state index in [0.717, 1.165) is 12.5 Å². The molecule has 1 fully saturated rings. The van der Waals surface area contributed by atoms with Gasteiger partial charge in [0.2, 0.25) is 0 Å². The van der Waals surface area contributed by atoms with Crippen LogP contribution in [0.15, 0.2) is 0 Å². The topological polar surface area (TPSA) is 59.6 Å².